The van der Waals surface area contributed by atoms with Crippen molar-refractivity contribution < 1.29 is 4.79 Å². The summed E-state index contributed by atoms with van der Waals surface area (Å²) in [7, 11) is 0. The van der Waals surface area contributed by atoms with Gasteiger partial charge >= 0.3 is 0 Å². The molecule has 0 saturated carbocycles. The Bertz CT molecular complexity index is 424. The summed E-state index contributed by atoms with van der Waals surface area (Å²) in [6, 6.07) is 1.75. The van der Waals surface area contributed by atoms with E-state index >= 15 is 0 Å². The number of carbonyl (C=O) groups excluding carboxylic acids is 1. The topological polar surface area (TPSA) is 54.0 Å². The van der Waals surface area contributed by atoms with Gasteiger partial charge in [-0.2, -0.15) is 0 Å². The molecule has 1 aromatic heterocycles. The molecule has 1 atom stereocenters. The zero-order chi connectivity index (χ0) is 14.5. The fourth-order valence-electron chi connectivity index (χ4n) is 1.57. The van der Waals surface area contributed by atoms with E-state index in [1.807, 2.05) is 6.92 Å². The standard InChI is InChI=1S/C15H25N3O/c1-6-17-13-10-16-8-7-12(13)14(19)18-9-11(2)15(3,4)5/h7-8,10-11,17H,6,9H2,1-5H3,(H,18,19). The Balaban J connectivity index is 2.69. The van der Waals surface area contributed by atoms with Gasteiger partial charge in [0.2, 0.25) is 0 Å². The smallest absolute Gasteiger partial charge is 0.253 e. The highest BCUT2D eigenvalue weighted by Crippen LogP contribution is 2.24. The number of anilines is 1. The zero-order valence-electron chi connectivity index (χ0n) is 12.6. The lowest BCUT2D eigenvalue weighted by molar-refractivity contribution is 0.0938. The number of hydrogen-bond donors (Lipinski definition) is 2. The van der Waals surface area contributed by atoms with Gasteiger partial charge in [-0.25, -0.2) is 0 Å². The van der Waals surface area contributed by atoms with E-state index in [0.29, 0.717) is 18.0 Å². The summed E-state index contributed by atoms with van der Waals surface area (Å²) in [5.74, 6) is 0.371. The Kier molecular flexibility index (Phi) is 5.33. The van der Waals surface area contributed by atoms with Crippen molar-refractivity contribution in [2.24, 2.45) is 11.3 Å². The molecule has 19 heavy (non-hydrogen) atoms. The number of hydrogen-bond acceptors (Lipinski definition) is 3. The van der Waals surface area contributed by atoms with Crippen molar-refractivity contribution in [1.29, 1.82) is 0 Å². The summed E-state index contributed by atoms with van der Waals surface area (Å²) in [6.07, 6.45) is 3.33. The molecule has 0 spiro atoms. The van der Waals surface area contributed by atoms with E-state index in [2.05, 4.69) is 43.3 Å². The van der Waals surface area contributed by atoms with Crippen molar-refractivity contribution in [3.05, 3.63) is 24.0 Å². The Morgan fingerprint density at radius 1 is 1.42 bits per heavy atom. The van der Waals surface area contributed by atoms with Crippen LogP contribution in [-0.2, 0) is 0 Å². The Morgan fingerprint density at radius 3 is 2.68 bits per heavy atom. The Labute approximate surface area is 116 Å². The summed E-state index contributed by atoms with van der Waals surface area (Å²) in [5.41, 5.74) is 1.62. The van der Waals surface area contributed by atoms with E-state index in [1.54, 1.807) is 18.5 Å². The second-order valence-electron chi connectivity index (χ2n) is 5.93. The number of nitrogens with zero attached hydrogens (tertiary/aromatic N) is 1. The minimum Gasteiger partial charge on any atom is -0.383 e. The minimum atomic E-state index is -0.0468. The van der Waals surface area contributed by atoms with Crippen LogP contribution in [0.2, 0.25) is 0 Å². The molecule has 0 saturated heterocycles. The first kappa shape index (κ1) is 15.5. The highest BCUT2D eigenvalue weighted by atomic mass is 16.1. The van der Waals surface area contributed by atoms with Crippen LogP contribution in [0, 0.1) is 11.3 Å². The number of amides is 1. The normalized spacial score (nSPS) is 12.9. The van der Waals surface area contributed by atoms with E-state index in [1.165, 1.54) is 0 Å². The van der Waals surface area contributed by atoms with E-state index in [4.69, 9.17) is 0 Å². The quantitative estimate of drug-likeness (QED) is 0.858. The van der Waals surface area contributed by atoms with Gasteiger partial charge in [0.05, 0.1) is 17.4 Å². The third-order valence-electron chi connectivity index (χ3n) is 3.48. The fraction of sp³-hybridized carbons (Fsp3) is 0.600. The molecule has 1 amide bonds. The SMILES string of the molecule is CCNc1cnccc1C(=O)NCC(C)C(C)(C)C. The van der Waals surface area contributed by atoms with Gasteiger partial charge < -0.3 is 10.6 Å². The molecule has 0 fully saturated rings. The minimum absolute atomic E-state index is 0.0468. The number of carbonyl (C=O) groups is 1. The number of pyridine rings is 1. The lowest BCUT2D eigenvalue weighted by Crippen LogP contribution is -2.34. The van der Waals surface area contributed by atoms with Crippen molar-refractivity contribution in [2.45, 2.75) is 34.6 Å². The van der Waals surface area contributed by atoms with Gasteiger partial charge in [0, 0.05) is 19.3 Å². The maximum atomic E-state index is 12.2. The molecular formula is C15H25N3O. The molecule has 0 aliphatic carbocycles. The molecular weight excluding hydrogens is 238 g/mol. The highest BCUT2D eigenvalue weighted by Gasteiger charge is 2.21. The van der Waals surface area contributed by atoms with Crippen molar-refractivity contribution >= 4 is 11.6 Å². The van der Waals surface area contributed by atoms with Crippen LogP contribution >= 0.6 is 0 Å². The van der Waals surface area contributed by atoms with Crippen LogP contribution in [0.4, 0.5) is 5.69 Å². The first-order chi connectivity index (χ1) is 8.86. The third-order valence-corrected chi connectivity index (χ3v) is 3.48. The zero-order valence-corrected chi connectivity index (χ0v) is 12.6. The molecule has 1 heterocycles. The van der Waals surface area contributed by atoms with E-state index in [-0.39, 0.29) is 11.3 Å². The highest BCUT2D eigenvalue weighted by molar-refractivity contribution is 5.99. The van der Waals surface area contributed by atoms with Gasteiger partial charge in [-0.3, -0.25) is 9.78 Å². The lowest BCUT2D eigenvalue weighted by atomic mass is 9.82. The fourth-order valence-corrected chi connectivity index (χ4v) is 1.57. The molecule has 0 aliphatic rings. The number of rotatable bonds is 5. The summed E-state index contributed by atoms with van der Waals surface area (Å²) < 4.78 is 0. The summed E-state index contributed by atoms with van der Waals surface area (Å²) in [6.45, 7) is 12.1. The first-order valence-electron chi connectivity index (χ1n) is 6.82. The van der Waals surface area contributed by atoms with Gasteiger partial charge in [0.15, 0.2) is 0 Å². The second-order valence-corrected chi connectivity index (χ2v) is 5.93. The summed E-state index contributed by atoms with van der Waals surface area (Å²) in [4.78, 5) is 16.2. The van der Waals surface area contributed by atoms with Gasteiger partial charge in [-0.05, 0) is 24.3 Å². The van der Waals surface area contributed by atoms with E-state index in [9.17, 15) is 4.79 Å². The third kappa shape index (κ3) is 4.54. The van der Waals surface area contributed by atoms with Gasteiger partial charge in [-0.1, -0.05) is 27.7 Å². The average molecular weight is 263 g/mol. The van der Waals surface area contributed by atoms with Crippen LogP contribution in [0.5, 0.6) is 0 Å². The average Bonchev–Trinajstić information content (AvgIpc) is 2.35. The predicted molar refractivity (Wildman–Crippen MR) is 79.4 cm³/mol. The molecule has 0 bridgehead atoms. The second kappa shape index (κ2) is 6.55. The van der Waals surface area contributed by atoms with Crippen molar-refractivity contribution in [1.82, 2.24) is 10.3 Å². The molecule has 1 rings (SSSR count). The van der Waals surface area contributed by atoms with Gasteiger partial charge in [-0.15, -0.1) is 0 Å². The van der Waals surface area contributed by atoms with Crippen molar-refractivity contribution in [3.63, 3.8) is 0 Å². The first-order valence-corrected chi connectivity index (χ1v) is 6.82. The van der Waals surface area contributed by atoms with Crippen LogP contribution < -0.4 is 10.6 Å². The Hall–Kier alpha value is -1.58. The molecule has 1 aromatic rings. The maximum absolute atomic E-state index is 12.2. The van der Waals surface area contributed by atoms with Crippen molar-refractivity contribution in [2.75, 3.05) is 18.4 Å². The largest absolute Gasteiger partial charge is 0.383 e. The van der Waals surface area contributed by atoms with Crippen LogP contribution in [-0.4, -0.2) is 24.0 Å². The number of nitrogens with one attached hydrogen (secondary N) is 2. The van der Waals surface area contributed by atoms with E-state index in [0.717, 1.165) is 12.2 Å². The molecule has 0 aromatic carbocycles. The van der Waals surface area contributed by atoms with Crippen molar-refractivity contribution in [3.8, 4) is 0 Å². The molecule has 4 nitrogen and oxygen atoms in total. The van der Waals surface area contributed by atoms with Crippen LogP contribution in [0.3, 0.4) is 0 Å². The molecule has 1 unspecified atom stereocenters. The summed E-state index contributed by atoms with van der Waals surface area (Å²) >= 11 is 0. The number of aromatic nitrogens is 1. The molecule has 4 heteroatoms. The molecule has 106 valence electrons. The van der Waals surface area contributed by atoms with Crippen LogP contribution in [0.25, 0.3) is 0 Å². The van der Waals surface area contributed by atoms with Gasteiger partial charge in [0.1, 0.15) is 0 Å². The lowest BCUT2D eigenvalue weighted by Gasteiger charge is -2.27. The molecule has 2 N–H and O–H groups in total. The predicted octanol–water partition coefficient (Wildman–Crippen LogP) is 2.93. The van der Waals surface area contributed by atoms with Crippen LogP contribution in [0.1, 0.15) is 45.0 Å². The van der Waals surface area contributed by atoms with Gasteiger partial charge in [0.25, 0.3) is 5.91 Å². The monoisotopic (exact) mass is 263 g/mol. The maximum Gasteiger partial charge on any atom is 0.253 e. The summed E-state index contributed by atoms with van der Waals surface area (Å²) in [5, 5.41) is 6.15. The molecule has 0 radical (unpaired) electrons. The van der Waals surface area contributed by atoms with Crippen LogP contribution in [0.15, 0.2) is 18.5 Å². The molecule has 0 aliphatic heterocycles. The Morgan fingerprint density at radius 2 is 2.11 bits per heavy atom. The van der Waals surface area contributed by atoms with E-state index < -0.39 is 0 Å².